The number of carbonyl (C=O) groups excluding carboxylic acids is 3. The SMILES string of the molecule is CCCOC(=O)[C@@H]1CC2=CC(=O)CCC2(C)C2=C1C1=CC[C@@]3(C)CCC(=O)C13CC2. The Morgan fingerprint density at radius 1 is 1.13 bits per heavy atom. The predicted molar refractivity (Wildman–Crippen MR) is 114 cm³/mol. The first-order valence-corrected chi connectivity index (χ1v) is 11.7. The molecule has 0 heterocycles. The minimum atomic E-state index is -0.419. The van der Waals surface area contributed by atoms with Crippen LogP contribution in [0.5, 0.6) is 0 Å². The van der Waals surface area contributed by atoms with Crippen LogP contribution in [0.15, 0.2) is 34.4 Å². The summed E-state index contributed by atoms with van der Waals surface area (Å²) in [5, 5.41) is 0. The predicted octanol–water partition coefficient (Wildman–Crippen LogP) is 5.03. The molecule has 0 aromatic heterocycles. The second-order valence-corrected chi connectivity index (χ2v) is 10.5. The number of allylic oxidation sites excluding steroid dienone is 5. The molecule has 0 aromatic rings. The Morgan fingerprint density at radius 2 is 1.93 bits per heavy atom. The summed E-state index contributed by atoms with van der Waals surface area (Å²) in [6.45, 7) is 6.92. The number of hydrogen-bond acceptors (Lipinski definition) is 4. The van der Waals surface area contributed by atoms with Crippen LogP contribution in [0.1, 0.15) is 78.6 Å². The standard InChI is InChI=1S/C26H32O4/c1-4-13-30-23(29)18-15-16-14-17(27)5-11-25(16,3)19-7-12-26-20(22(18)19)6-9-24(26,2)10-8-21(26)28/h6,14,18H,4-5,7-13,15H2,1-3H3/t18-,24+,25?,26?/m1/s1. The zero-order chi connectivity index (χ0) is 21.3. The van der Waals surface area contributed by atoms with Gasteiger partial charge in [-0.25, -0.2) is 0 Å². The van der Waals surface area contributed by atoms with Crippen molar-refractivity contribution in [3.63, 3.8) is 0 Å². The average Bonchev–Trinajstić information content (AvgIpc) is 3.16. The summed E-state index contributed by atoms with van der Waals surface area (Å²) in [7, 11) is 0. The van der Waals surface area contributed by atoms with Gasteiger partial charge in [-0.05, 0) is 67.6 Å². The van der Waals surface area contributed by atoms with Gasteiger partial charge in [-0.1, -0.05) is 38.0 Å². The van der Waals surface area contributed by atoms with Gasteiger partial charge < -0.3 is 4.74 Å². The Bertz CT molecular complexity index is 950. The van der Waals surface area contributed by atoms with Crippen LogP contribution in [0.3, 0.4) is 0 Å². The number of fused-ring (bicyclic) bond motifs is 3. The molecule has 30 heavy (non-hydrogen) atoms. The third-order valence-electron chi connectivity index (χ3n) is 9.08. The molecule has 0 bridgehead atoms. The summed E-state index contributed by atoms with van der Waals surface area (Å²) in [4.78, 5) is 38.8. The number of Topliss-reactive ketones (excluding diaryl/α,β-unsaturated/α-hetero) is 1. The maximum absolute atomic E-state index is 13.3. The fourth-order valence-electron chi connectivity index (χ4n) is 7.32. The van der Waals surface area contributed by atoms with Gasteiger partial charge in [0.1, 0.15) is 5.78 Å². The van der Waals surface area contributed by atoms with Crippen LogP contribution in [0.2, 0.25) is 0 Å². The molecular weight excluding hydrogens is 376 g/mol. The van der Waals surface area contributed by atoms with E-state index in [1.165, 1.54) is 5.57 Å². The van der Waals surface area contributed by atoms with E-state index in [2.05, 4.69) is 19.9 Å². The smallest absolute Gasteiger partial charge is 0.313 e. The van der Waals surface area contributed by atoms with Crippen LogP contribution < -0.4 is 0 Å². The lowest BCUT2D eigenvalue weighted by Crippen LogP contribution is -2.46. The Kier molecular flexibility index (Phi) is 4.33. The lowest BCUT2D eigenvalue weighted by molar-refractivity contribution is -0.147. The van der Waals surface area contributed by atoms with E-state index in [-0.39, 0.29) is 22.6 Å². The van der Waals surface area contributed by atoms with Crippen LogP contribution >= 0.6 is 0 Å². The summed E-state index contributed by atoms with van der Waals surface area (Å²) in [6.07, 6.45) is 11.0. The maximum atomic E-state index is 13.3. The van der Waals surface area contributed by atoms with E-state index in [4.69, 9.17) is 4.74 Å². The number of esters is 1. The first kappa shape index (κ1) is 20.0. The van der Waals surface area contributed by atoms with Gasteiger partial charge in [-0.3, -0.25) is 14.4 Å². The summed E-state index contributed by atoms with van der Waals surface area (Å²) in [5.41, 5.74) is 4.03. The summed E-state index contributed by atoms with van der Waals surface area (Å²) in [6, 6.07) is 0. The highest BCUT2D eigenvalue weighted by molar-refractivity contribution is 5.96. The molecule has 5 aliphatic rings. The van der Waals surface area contributed by atoms with Crippen molar-refractivity contribution in [2.75, 3.05) is 6.61 Å². The van der Waals surface area contributed by atoms with Crippen LogP contribution in [-0.2, 0) is 19.1 Å². The molecule has 0 aromatic carbocycles. The average molecular weight is 409 g/mol. The Balaban J connectivity index is 1.69. The van der Waals surface area contributed by atoms with Crippen molar-refractivity contribution in [2.45, 2.75) is 78.6 Å². The zero-order valence-electron chi connectivity index (χ0n) is 18.4. The molecule has 4 nitrogen and oxygen atoms in total. The number of ketones is 2. The molecule has 0 radical (unpaired) electrons. The van der Waals surface area contributed by atoms with Crippen LogP contribution in [-0.4, -0.2) is 24.1 Å². The van der Waals surface area contributed by atoms with Gasteiger partial charge in [0.05, 0.1) is 17.9 Å². The third-order valence-corrected chi connectivity index (χ3v) is 9.08. The van der Waals surface area contributed by atoms with Crippen LogP contribution in [0.25, 0.3) is 0 Å². The number of carbonyl (C=O) groups is 3. The first-order valence-electron chi connectivity index (χ1n) is 11.7. The normalized spacial score (nSPS) is 39.6. The minimum absolute atomic E-state index is 0.0185. The van der Waals surface area contributed by atoms with E-state index in [1.807, 2.05) is 6.92 Å². The summed E-state index contributed by atoms with van der Waals surface area (Å²) < 4.78 is 5.63. The van der Waals surface area contributed by atoms with E-state index in [9.17, 15) is 14.4 Å². The number of ether oxygens (including phenoxy) is 1. The fraction of sp³-hybridized carbons (Fsp3) is 0.654. The molecule has 160 valence electrons. The van der Waals surface area contributed by atoms with Crippen LogP contribution in [0.4, 0.5) is 0 Å². The van der Waals surface area contributed by atoms with Crippen molar-refractivity contribution in [3.05, 3.63) is 34.4 Å². The highest BCUT2D eigenvalue weighted by Gasteiger charge is 2.65. The van der Waals surface area contributed by atoms with Crippen LogP contribution in [0, 0.1) is 22.2 Å². The molecule has 2 unspecified atom stereocenters. The molecule has 4 atom stereocenters. The first-order chi connectivity index (χ1) is 14.3. The largest absolute Gasteiger partial charge is 0.465 e. The van der Waals surface area contributed by atoms with Gasteiger partial charge in [0.15, 0.2) is 5.78 Å². The van der Waals surface area contributed by atoms with E-state index in [0.717, 1.165) is 55.2 Å². The van der Waals surface area contributed by atoms with Crippen molar-refractivity contribution in [2.24, 2.45) is 22.2 Å². The minimum Gasteiger partial charge on any atom is -0.465 e. The Morgan fingerprint density at radius 3 is 2.70 bits per heavy atom. The van der Waals surface area contributed by atoms with E-state index >= 15 is 0 Å². The van der Waals surface area contributed by atoms with Crippen molar-refractivity contribution >= 4 is 17.5 Å². The lowest BCUT2D eigenvalue weighted by Gasteiger charge is -2.52. The quantitative estimate of drug-likeness (QED) is 0.615. The number of hydrogen-bond donors (Lipinski definition) is 0. The highest BCUT2D eigenvalue weighted by Crippen LogP contribution is 2.70. The van der Waals surface area contributed by atoms with Gasteiger partial charge >= 0.3 is 5.97 Å². The van der Waals surface area contributed by atoms with E-state index in [0.29, 0.717) is 31.7 Å². The van der Waals surface area contributed by atoms with Crippen molar-refractivity contribution in [1.29, 1.82) is 0 Å². The maximum Gasteiger partial charge on any atom is 0.313 e. The topological polar surface area (TPSA) is 60.4 Å². The van der Waals surface area contributed by atoms with Gasteiger partial charge in [-0.2, -0.15) is 0 Å². The molecule has 1 saturated carbocycles. The van der Waals surface area contributed by atoms with Gasteiger partial charge in [0, 0.05) is 18.3 Å². The monoisotopic (exact) mass is 408 g/mol. The molecule has 0 N–H and O–H groups in total. The zero-order valence-corrected chi connectivity index (χ0v) is 18.4. The fourth-order valence-corrected chi connectivity index (χ4v) is 7.32. The second kappa shape index (κ2) is 6.51. The molecule has 5 rings (SSSR count). The van der Waals surface area contributed by atoms with E-state index in [1.54, 1.807) is 6.08 Å². The molecule has 0 saturated heterocycles. The molecule has 4 heteroatoms. The van der Waals surface area contributed by atoms with Gasteiger partial charge in [-0.15, -0.1) is 0 Å². The highest BCUT2D eigenvalue weighted by atomic mass is 16.5. The molecule has 0 amide bonds. The van der Waals surface area contributed by atoms with Gasteiger partial charge in [0.2, 0.25) is 0 Å². The second-order valence-electron chi connectivity index (χ2n) is 10.5. The van der Waals surface area contributed by atoms with Crippen molar-refractivity contribution in [1.82, 2.24) is 0 Å². The third kappa shape index (κ3) is 2.37. The Hall–Kier alpha value is -1.97. The van der Waals surface area contributed by atoms with Crippen molar-refractivity contribution < 1.29 is 19.1 Å². The lowest BCUT2D eigenvalue weighted by atomic mass is 9.50. The summed E-state index contributed by atoms with van der Waals surface area (Å²) >= 11 is 0. The Labute approximate surface area is 178 Å². The van der Waals surface area contributed by atoms with E-state index < -0.39 is 11.3 Å². The number of rotatable bonds is 3. The molecule has 0 aliphatic heterocycles. The molecule has 5 aliphatic carbocycles. The summed E-state index contributed by atoms with van der Waals surface area (Å²) in [5.74, 6) is -0.0531. The van der Waals surface area contributed by atoms with Crippen molar-refractivity contribution in [3.8, 4) is 0 Å². The molecule has 1 fully saturated rings. The molecule has 1 spiro atoms. The van der Waals surface area contributed by atoms with Gasteiger partial charge in [0.25, 0.3) is 0 Å². The molecular formula is C26H32O4.